The van der Waals surface area contributed by atoms with Gasteiger partial charge < -0.3 is 14.2 Å². The number of halogens is 1. The summed E-state index contributed by atoms with van der Waals surface area (Å²) in [5, 5.41) is 1.57. The minimum atomic E-state index is -0.142. The minimum Gasteiger partial charge on any atom is -0.494 e. The van der Waals surface area contributed by atoms with Crippen LogP contribution in [0.15, 0.2) is 83.1 Å². The maximum atomic E-state index is 13.6. The van der Waals surface area contributed by atoms with E-state index in [2.05, 4.69) is 76.1 Å². The Morgan fingerprint density at radius 2 is 1.73 bits per heavy atom. The summed E-state index contributed by atoms with van der Waals surface area (Å²) in [5.41, 5.74) is 5.94. The number of nitrogens with zero attached hydrogens (tertiary/aromatic N) is 3. The number of hydrogen-bond donors (Lipinski definition) is 0. The highest BCUT2D eigenvalue weighted by molar-refractivity contribution is 9.10. The Hall–Kier alpha value is -3.42. The molecule has 5 rings (SSSR count). The van der Waals surface area contributed by atoms with Crippen molar-refractivity contribution in [3.05, 3.63) is 99.8 Å². The van der Waals surface area contributed by atoms with Crippen LogP contribution < -0.4 is 9.64 Å². The van der Waals surface area contributed by atoms with Gasteiger partial charge in [-0.25, -0.2) is 0 Å². The van der Waals surface area contributed by atoms with Crippen LogP contribution in [0, 0.1) is 0 Å². The number of likely N-dealkylation sites (N-methyl/N-ethyl adjacent to an activating group) is 1. The third-order valence-corrected chi connectivity index (χ3v) is 7.60. The summed E-state index contributed by atoms with van der Waals surface area (Å²) in [6.07, 6.45) is 5.03. The number of benzene rings is 3. The summed E-state index contributed by atoms with van der Waals surface area (Å²) in [7, 11) is 1.85. The Bertz CT molecular complexity index is 1510. The fraction of sp³-hybridized carbons (Fsp3) is 0.200. The molecule has 1 aliphatic heterocycles. The molecule has 0 N–H and O–H groups in total. The van der Waals surface area contributed by atoms with Gasteiger partial charge in [0.05, 0.1) is 17.8 Å². The first kappa shape index (κ1) is 25.2. The Morgan fingerprint density at radius 3 is 2.41 bits per heavy atom. The van der Waals surface area contributed by atoms with Crippen molar-refractivity contribution in [1.29, 1.82) is 0 Å². The molecule has 0 aliphatic carbocycles. The van der Waals surface area contributed by atoms with Crippen LogP contribution in [-0.2, 0) is 17.8 Å². The Kier molecular flexibility index (Phi) is 7.17. The van der Waals surface area contributed by atoms with E-state index in [0.29, 0.717) is 17.4 Å². The lowest BCUT2D eigenvalue weighted by Crippen LogP contribution is -2.31. The van der Waals surface area contributed by atoms with Crippen LogP contribution in [-0.4, -0.2) is 34.1 Å². The molecule has 37 heavy (non-hydrogen) atoms. The van der Waals surface area contributed by atoms with Gasteiger partial charge in [-0.05, 0) is 79.2 Å². The van der Waals surface area contributed by atoms with E-state index in [1.165, 1.54) is 16.6 Å². The number of aryl methyl sites for hydroxylation is 1. The number of hydrogen-bond acceptors (Lipinski definition) is 3. The number of aromatic nitrogens is 1. The van der Waals surface area contributed by atoms with Crippen LogP contribution in [0.3, 0.4) is 0 Å². The van der Waals surface area contributed by atoms with Gasteiger partial charge in [-0.3, -0.25) is 9.69 Å². The summed E-state index contributed by atoms with van der Waals surface area (Å²) in [5.74, 6) is 0.621. The molecule has 0 radical (unpaired) electrons. The van der Waals surface area contributed by atoms with Gasteiger partial charge in [0, 0.05) is 35.2 Å². The number of ether oxygens (including phenoxy) is 1. The summed E-state index contributed by atoms with van der Waals surface area (Å²) in [6.45, 7) is 5.44. The first-order chi connectivity index (χ1) is 17.9. The average molecular weight is 575 g/mol. The van der Waals surface area contributed by atoms with Crippen LogP contribution in [0.25, 0.3) is 17.0 Å². The SMILES string of the molecule is CCOc1ccc(N2C(=O)/C(=C/c3cn(Cc4ccc(Br)cc4)c4c(CC)cccc34)N(C)C2=S)cc1. The van der Waals surface area contributed by atoms with Crippen molar-refractivity contribution < 1.29 is 9.53 Å². The van der Waals surface area contributed by atoms with E-state index in [9.17, 15) is 4.79 Å². The molecule has 1 aromatic heterocycles. The van der Waals surface area contributed by atoms with Crippen LogP contribution in [0.2, 0.25) is 0 Å². The van der Waals surface area contributed by atoms with Crippen molar-refractivity contribution in [3.8, 4) is 5.75 Å². The Balaban J connectivity index is 1.55. The number of rotatable bonds is 7. The molecule has 1 aliphatic rings. The molecule has 5 nitrogen and oxygen atoms in total. The zero-order valence-electron chi connectivity index (χ0n) is 21.1. The molecule has 1 saturated heterocycles. The minimum absolute atomic E-state index is 0.142. The zero-order valence-corrected chi connectivity index (χ0v) is 23.5. The number of carbonyl (C=O) groups is 1. The van der Waals surface area contributed by atoms with Crippen molar-refractivity contribution in [3.63, 3.8) is 0 Å². The quantitative estimate of drug-likeness (QED) is 0.176. The van der Waals surface area contributed by atoms with E-state index in [1.807, 2.05) is 44.3 Å². The predicted octanol–water partition coefficient (Wildman–Crippen LogP) is 7.02. The Labute approximate surface area is 231 Å². The van der Waals surface area contributed by atoms with Crippen LogP contribution in [0.4, 0.5) is 5.69 Å². The van der Waals surface area contributed by atoms with E-state index in [0.717, 1.165) is 39.8 Å². The van der Waals surface area contributed by atoms with Gasteiger partial charge in [-0.15, -0.1) is 0 Å². The number of para-hydroxylation sites is 1. The molecule has 1 fully saturated rings. The summed E-state index contributed by atoms with van der Waals surface area (Å²) >= 11 is 9.21. The van der Waals surface area contributed by atoms with Gasteiger partial charge in [0.25, 0.3) is 5.91 Å². The van der Waals surface area contributed by atoms with Crippen molar-refractivity contribution in [1.82, 2.24) is 9.47 Å². The standard InChI is InChI=1S/C30H28BrN3O2S/c1-4-21-7-6-8-26-22(19-33(28(21)26)18-20-9-11-23(31)12-10-20)17-27-29(35)34(30(37)32(27)3)24-13-15-25(16-14-24)36-5-2/h6-17,19H,4-5,18H2,1-3H3/b27-17-. The van der Waals surface area contributed by atoms with Gasteiger partial charge in [0.2, 0.25) is 0 Å². The monoisotopic (exact) mass is 573 g/mol. The molecule has 7 heteroatoms. The molecule has 0 unspecified atom stereocenters. The third kappa shape index (κ3) is 4.81. The Morgan fingerprint density at radius 1 is 1.00 bits per heavy atom. The zero-order chi connectivity index (χ0) is 26.1. The van der Waals surface area contributed by atoms with Crippen molar-refractivity contribution in [2.24, 2.45) is 0 Å². The number of anilines is 1. The molecule has 188 valence electrons. The molecule has 1 amide bonds. The highest BCUT2D eigenvalue weighted by atomic mass is 79.9. The lowest BCUT2D eigenvalue weighted by atomic mass is 10.1. The lowest BCUT2D eigenvalue weighted by molar-refractivity contribution is -0.114. The van der Waals surface area contributed by atoms with Gasteiger partial charge >= 0.3 is 0 Å². The molecule has 0 bridgehead atoms. The second-order valence-corrected chi connectivity index (χ2v) is 10.2. The number of carbonyl (C=O) groups excluding carboxylic acids is 1. The smallest absolute Gasteiger partial charge is 0.281 e. The fourth-order valence-electron chi connectivity index (χ4n) is 4.77. The predicted molar refractivity (Wildman–Crippen MR) is 158 cm³/mol. The van der Waals surface area contributed by atoms with Crippen LogP contribution in [0.1, 0.15) is 30.5 Å². The third-order valence-electron chi connectivity index (χ3n) is 6.62. The van der Waals surface area contributed by atoms with E-state index < -0.39 is 0 Å². The second-order valence-electron chi connectivity index (χ2n) is 8.94. The lowest BCUT2D eigenvalue weighted by Gasteiger charge is -2.16. The summed E-state index contributed by atoms with van der Waals surface area (Å²) in [6, 6.07) is 22.2. The number of thiocarbonyl (C=S) groups is 1. The van der Waals surface area contributed by atoms with Crippen molar-refractivity contribution in [2.75, 3.05) is 18.6 Å². The van der Waals surface area contributed by atoms with Crippen LogP contribution in [0.5, 0.6) is 5.75 Å². The van der Waals surface area contributed by atoms with E-state index in [-0.39, 0.29) is 5.91 Å². The van der Waals surface area contributed by atoms with Crippen molar-refractivity contribution >= 4 is 61.8 Å². The van der Waals surface area contributed by atoms with E-state index in [1.54, 1.807) is 9.80 Å². The highest BCUT2D eigenvalue weighted by Crippen LogP contribution is 2.32. The molecular formula is C30H28BrN3O2S. The molecule has 2 heterocycles. The molecule has 4 aromatic rings. The van der Waals surface area contributed by atoms with E-state index >= 15 is 0 Å². The number of fused-ring (bicyclic) bond motifs is 1. The molecule has 3 aromatic carbocycles. The second kappa shape index (κ2) is 10.5. The summed E-state index contributed by atoms with van der Waals surface area (Å²) < 4.78 is 8.89. The maximum Gasteiger partial charge on any atom is 0.281 e. The maximum absolute atomic E-state index is 13.6. The van der Waals surface area contributed by atoms with Crippen molar-refractivity contribution in [2.45, 2.75) is 26.8 Å². The largest absolute Gasteiger partial charge is 0.494 e. The van der Waals surface area contributed by atoms with Gasteiger partial charge in [-0.1, -0.05) is 53.2 Å². The van der Waals surface area contributed by atoms with E-state index in [4.69, 9.17) is 17.0 Å². The first-order valence-corrected chi connectivity index (χ1v) is 13.5. The molecule has 0 atom stereocenters. The molecular weight excluding hydrogens is 546 g/mol. The van der Waals surface area contributed by atoms with Gasteiger partial charge in [0.1, 0.15) is 11.4 Å². The normalized spacial score (nSPS) is 14.9. The van der Waals surface area contributed by atoms with Crippen LogP contribution >= 0.6 is 28.1 Å². The summed E-state index contributed by atoms with van der Waals surface area (Å²) in [4.78, 5) is 17.0. The first-order valence-electron chi connectivity index (χ1n) is 12.3. The number of amides is 1. The molecule has 0 saturated carbocycles. The van der Waals surface area contributed by atoms with Gasteiger partial charge in [-0.2, -0.15) is 0 Å². The molecule has 0 spiro atoms. The average Bonchev–Trinajstić information content (AvgIpc) is 3.36. The highest BCUT2D eigenvalue weighted by Gasteiger charge is 2.37. The topological polar surface area (TPSA) is 37.7 Å². The van der Waals surface area contributed by atoms with Gasteiger partial charge in [0.15, 0.2) is 5.11 Å². The fourth-order valence-corrected chi connectivity index (χ4v) is 5.32.